The van der Waals surface area contributed by atoms with E-state index in [1.807, 2.05) is 6.92 Å². The number of benzene rings is 1. The van der Waals surface area contributed by atoms with Gasteiger partial charge in [0.1, 0.15) is 0 Å². The van der Waals surface area contributed by atoms with Crippen LogP contribution in [0.15, 0.2) is 29.3 Å². The van der Waals surface area contributed by atoms with E-state index in [1.165, 1.54) is 25.0 Å². The summed E-state index contributed by atoms with van der Waals surface area (Å²) in [7, 11) is 0. The van der Waals surface area contributed by atoms with Crippen LogP contribution in [0.4, 0.5) is 13.2 Å². The maximum atomic E-state index is 12.6. The molecule has 0 radical (unpaired) electrons. The summed E-state index contributed by atoms with van der Waals surface area (Å²) < 4.78 is 37.8. The summed E-state index contributed by atoms with van der Waals surface area (Å²) in [6.45, 7) is 3.26. The Morgan fingerprint density at radius 2 is 1.79 bits per heavy atom. The molecule has 1 aromatic carbocycles. The first-order valence-corrected chi connectivity index (χ1v) is 9.36. The fourth-order valence-electron chi connectivity index (χ4n) is 2.98. The van der Waals surface area contributed by atoms with Crippen LogP contribution in [0.2, 0.25) is 0 Å². The predicted molar refractivity (Wildman–Crippen MR) is 115 cm³/mol. The number of guanidine groups is 1. The number of nitrogens with one attached hydrogen (secondary N) is 3. The van der Waals surface area contributed by atoms with Crippen LogP contribution in [-0.4, -0.2) is 31.0 Å². The Kier molecular flexibility index (Phi) is 10.6. The number of alkyl halides is 3. The van der Waals surface area contributed by atoms with Crippen LogP contribution in [0.1, 0.15) is 50.2 Å². The van der Waals surface area contributed by atoms with Crippen molar-refractivity contribution in [2.24, 2.45) is 4.99 Å². The van der Waals surface area contributed by atoms with E-state index < -0.39 is 11.7 Å². The number of hydrogen-bond acceptors (Lipinski definition) is 2. The highest BCUT2D eigenvalue weighted by atomic mass is 127. The van der Waals surface area contributed by atoms with Crippen molar-refractivity contribution in [3.63, 3.8) is 0 Å². The normalized spacial score (nSPS) is 15.1. The lowest BCUT2D eigenvalue weighted by molar-refractivity contribution is -0.137. The lowest BCUT2D eigenvalue weighted by atomic mass is 10.1. The van der Waals surface area contributed by atoms with Crippen LogP contribution in [0.25, 0.3) is 0 Å². The van der Waals surface area contributed by atoms with Gasteiger partial charge in [-0.15, -0.1) is 24.0 Å². The third kappa shape index (κ3) is 8.66. The molecule has 1 aliphatic rings. The SMILES string of the molecule is CCNC(=NCc1ccc(C(F)(F)F)cc1)NCCC(=O)NC1CCCC1.I. The van der Waals surface area contributed by atoms with Crippen LogP contribution < -0.4 is 16.0 Å². The number of aliphatic imine (C=N–C) groups is 1. The summed E-state index contributed by atoms with van der Waals surface area (Å²) in [6, 6.07) is 5.26. The number of carbonyl (C=O) groups excluding carboxylic acids is 1. The third-order valence-electron chi connectivity index (χ3n) is 4.41. The largest absolute Gasteiger partial charge is 0.416 e. The molecule has 0 spiro atoms. The molecule has 158 valence electrons. The number of carbonyl (C=O) groups is 1. The van der Waals surface area contributed by atoms with E-state index in [4.69, 9.17) is 0 Å². The minimum Gasteiger partial charge on any atom is -0.357 e. The fraction of sp³-hybridized carbons (Fsp3) is 0.579. The molecule has 0 unspecified atom stereocenters. The van der Waals surface area contributed by atoms with Crippen molar-refractivity contribution in [1.29, 1.82) is 0 Å². The van der Waals surface area contributed by atoms with E-state index in [0.717, 1.165) is 25.0 Å². The second-order valence-corrected chi connectivity index (χ2v) is 6.62. The summed E-state index contributed by atoms with van der Waals surface area (Å²) in [6.07, 6.45) is 0.458. The molecule has 1 saturated carbocycles. The van der Waals surface area contributed by atoms with Gasteiger partial charge in [-0.05, 0) is 37.5 Å². The average Bonchev–Trinajstić information content (AvgIpc) is 3.12. The topological polar surface area (TPSA) is 65.5 Å². The van der Waals surface area contributed by atoms with Crippen LogP contribution in [0.5, 0.6) is 0 Å². The molecule has 3 N–H and O–H groups in total. The molecule has 5 nitrogen and oxygen atoms in total. The Bertz CT molecular complexity index is 629. The molecule has 0 saturated heterocycles. The Balaban J connectivity index is 0.00000392. The minimum absolute atomic E-state index is 0. The predicted octanol–water partition coefficient (Wildman–Crippen LogP) is 3.83. The zero-order valence-electron chi connectivity index (χ0n) is 15.9. The molecule has 1 amide bonds. The lowest BCUT2D eigenvalue weighted by Crippen LogP contribution is -2.40. The van der Waals surface area contributed by atoms with Gasteiger partial charge in [-0.2, -0.15) is 13.2 Å². The van der Waals surface area contributed by atoms with E-state index in [-0.39, 0.29) is 36.4 Å². The molecule has 0 bridgehead atoms. The Labute approximate surface area is 181 Å². The second kappa shape index (κ2) is 12.1. The quantitative estimate of drug-likeness (QED) is 0.296. The highest BCUT2D eigenvalue weighted by molar-refractivity contribution is 14.0. The molecule has 1 aliphatic carbocycles. The smallest absolute Gasteiger partial charge is 0.357 e. The Morgan fingerprint density at radius 1 is 1.14 bits per heavy atom. The maximum absolute atomic E-state index is 12.6. The van der Waals surface area contributed by atoms with Gasteiger partial charge in [0.15, 0.2) is 5.96 Å². The summed E-state index contributed by atoms with van der Waals surface area (Å²) >= 11 is 0. The molecule has 0 aliphatic heterocycles. The van der Waals surface area contributed by atoms with Crippen LogP contribution >= 0.6 is 24.0 Å². The van der Waals surface area contributed by atoms with Gasteiger partial charge in [-0.1, -0.05) is 25.0 Å². The van der Waals surface area contributed by atoms with Gasteiger partial charge < -0.3 is 16.0 Å². The monoisotopic (exact) mass is 512 g/mol. The van der Waals surface area contributed by atoms with Gasteiger partial charge in [0, 0.05) is 25.6 Å². The molecule has 0 atom stereocenters. The van der Waals surface area contributed by atoms with Crippen molar-refractivity contribution in [3.8, 4) is 0 Å². The molecule has 28 heavy (non-hydrogen) atoms. The molecule has 9 heteroatoms. The number of nitrogens with zero attached hydrogens (tertiary/aromatic N) is 1. The molecular weight excluding hydrogens is 484 g/mol. The van der Waals surface area contributed by atoms with Gasteiger partial charge in [0.05, 0.1) is 12.1 Å². The van der Waals surface area contributed by atoms with E-state index in [9.17, 15) is 18.0 Å². The highest BCUT2D eigenvalue weighted by Crippen LogP contribution is 2.29. The van der Waals surface area contributed by atoms with Gasteiger partial charge >= 0.3 is 6.18 Å². The first kappa shape index (κ1) is 24.5. The van der Waals surface area contributed by atoms with Crippen molar-refractivity contribution in [1.82, 2.24) is 16.0 Å². The van der Waals surface area contributed by atoms with E-state index in [0.29, 0.717) is 37.1 Å². The zero-order valence-corrected chi connectivity index (χ0v) is 18.3. The lowest BCUT2D eigenvalue weighted by Gasteiger charge is -2.14. The second-order valence-electron chi connectivity index (χ2n) is 6.62. The molecule has 2 rings (SSSR count). The summed E-state index contributed by atoms with van der Waals surface area (Å²) in [4.78, 5) is 16.3. The first-order chi connectivity index (χ1) is 12.9. The molecule has 1 fully saturated rings. The fourth-order valence-corrected chi connectivity index (χ4v) is 2.98. The van der Waals surface area contributed by atoms with Gasteiger partial charge in [-0.25, -0.2) is 4.99 Å². The zero-order chi connectivity index (χ0) is 19.7. The van der Waals surface area contributed by atoms with Crippen LogP contribution in [0, 0.1) is 0 Å². The maximum Gasteiger partial charge on any atom is 0.416 e. The Hall–Kier alpha value is -1.52. The number of hydrogen-bond donors (Lipinski definition) is 3. The summed E-state index contributed by atoms with van der Waals surface area (Å²) in [5.41, 5.74) is 0.00714. The third-order valence-corrected chi connectivity index (χ3v) is 4.41. The van der Waals surface area contributed by atoms with Crippen molar-refractivity contribution in [2.75, 3.05) is 13.1 Å². The molecular formula is C19H28F3IN4O. The minimum atomic E-state index is -4.34. The Morgan fingerprint density at radius 3 is 2.36 bits per heavy atom. The van der Waals surface area contributed by atoms with Gasteiger partial charge in [0.25, 0.3) is 0 Å². The number of rotatable bonds is 7. The van der Waals surface area contributed by atoms with E-state index in [1.54, 1.807) is 0 Å². The number of amides is 1. The van der Waals surface area contributed by atoms with Gasteiger partial charge in [-0.3, -0.25) is 4.79 Å². The van der Waals surface area contributed by atoms with Crippen molar-refractivity contribution in [3.05, 3.63) is 35.4 Å². The van der Waals surface area contributed by atoms with E-state index in [2.05, 4.69) is 20.9 Å². The highest BCUT2D eigenvalue weighted by Gasteiger charge is 2.29. The first-order valence-electron chi connectivity index (χ1n) is 9.36. The molecule has 1 aromatic rings. The van der Waals surface area contributed by atoms with Crippen LogP contribution in [0.3, 0.4) is 0 Å². The summed E-state index contributed by atoms with van der Waals surface area (Å²) in [5.74, 6) is 0.555. The van der Waals surface area contributed by atoms with Crippen molar-refractivity contribution >= 4 is 35.8 Å². The van der Waals surface area contributed by atoms with Gasteiger partial charge in [0.2, 0.25) is 5.91 Å². The van der Waals surface area contributed by atoms with Crippen molar-refractivity contribution in [2.45, 2.75) is 57.8 Å². The number of halogens is 4. The molecule has 0 heterocycles. The standard InChI is InChI=1S/C19H27F3N4O.HI/c1-2-23-18(24-12-11-17(27)26-16-5-3-4-6-16)25-13-14-7-9-15(10-8-14)19(20,21)22;/h7-10,16H,2-6,11-13H2,1H3,(H,26,27)(H2,23,24,25);1H. The average molecular weight is 512 g/mol. The molecule has 0 aromatic heterocycles. The summed E-state index contributed by atoms with van der Waals surface area (Å²) in [5, 5.41) is 9.17. The van der Waals surface area contributed by atoms with Crippen LogP contribution in [-0.2, 0) is 17.5 Å². The van der Waals surface area contributed by atoms with E-state index >= 15 is 0 Å². The van der Waals surface area contributed by atoms with Crippen molar-refractivity contribution < 1.29 is 18.0 Å².